The Balaban J connectivity index is 2.99. The van der Waals surface area contributed by atoms with Crippen LogP contribution in [0, 0.1) is 0 Å². The van der Waals surface area contributed by atoms with Crippen LogP contribution in [0.4, 0.5) is 8.78 Å². The fourth-order valence-electron chi connectivity index (χ4n) is 0. The molecule has 0 saturated heterocycles. The molecule has 6 heavy (non-hydrogen) atoms. The second-order valence-electron chi connectivity index (χ2n) is 1.36. The molecule has 0 unspecified atom stereocenters. The van der Waals surface area contributed by atoms with Crippen molar-refractivity contribution in [2.75, 3.05) is 0 Å². The molecule has 0 saturated carbocycles. The molecule has 38 valence electrons. The van der Waals surface area contributed by atoms with Crippen molar-refractivity contribution in [2.24, 2.45) is 0 Å². The molecule has 0 bridgehead atoms. The predicted octanol–water partition coefficient (Wildman–Crippen LogP) is 1.70. The molecule has 2 atom stereocenters. The molecule has 0 N–H and O–H groups in total. The highest BCUT2D eigenvalue weighted by Crippen LogP contribution is 1.98. The van der Waals surface area contributed by atoms with Gasteiger partial charge in [-0.1, -0.05) is 0 Å². The molecule has 0 heterocycles. The number of alkyl halides is 2. The first-order chi connectivity index (χ1) is 2.64. The zero-order valence-corrected chi connectivity index (χ0v) is 3.91. The van der Waals surface area contributed by atoms with Gasteiger partial charge in [-0.25, -0.2) is 8.78 Å². The van der Waals surface area contributed by atoms with Crippen molar-refractivity contribution in [3.63, 3.8) is 0 Å². The van der Waals surface area contributed by atoms with E-state index in [1.165, 1.54) is 13.8 Å². The monoisotopic (exact) mass is 94.1 g/mol. The SMILES string of the molecule is C[C@@H](F)[C@@H](C)F. The molecule has 0 amide bonds. The maximum absolute atomic E-state index is 11.4. The lowest BCUT2D eigenvalue weighted by Crippen LogP contribution is -2.06. The Morgan fingerprint density at radius 3 is 1.17 bits per heavy atom. The summed E-state index contributed by atoms with van der Waals surface area (Å²) in [5, 5.41) is 0. The van der Waals surface area contributed by atoms with Gasteiger partial charge in [-0.2, -0.15) is 0 Å². The lowest BCUT2D eigenvalue weighted by molar-refractivity contribution is 0.199. The number of hydrogen-bond acceptors (Lipinski definition) is 0. The van der Waals surface area contributed by atoms with Gasteiger partial charge >= 0.3 is 0 Å². The van der Waals surface area contributed by atoms with Gasteiger partial charge in [0.2, 0.25) is 0 Å². The van der Waals surface area contributed by atoms with Gasteiger partial charge in [0.25, 0.3) is 0 Å². The van der Waals surface area contributed by atoms with Gasteiger partial charge in [0.1, 0.15) is 12.3 Å². The Labute approximate surface area is 36.2 Å². The molecule has 0 spiro atoms. The normalized spacial score (nSPS) is 20.0. The first-order valence-corrected chi connectivity index (χ1v) is 1.92. The summed E-state index contributed by atoms with van der Waals surface area (Å²) in [5.74, 6) is 0. The van der Waals surface area contributed by atoms with Gasteiger partial charge < -0.3 is 0 Å². The summed E-state index contributed by atoms with van der Waals surface area (Å²) in [4.78, 5) is 0. The van der Waals surface area contributed by atoms with Crippen LogP contribution in [0.25, 0.3) is 0 Å². The Morgan fingerprint density at radius 2 is 1.17 bits per heavy atom. The third-order valence-corrected chi connectivity index (χ3v) is 0.633. The van der Waals surface area contributed by atoms with Crippen molar-refractivity contribution in [3.8, 4) is 0 Å². The van der Waals surface area contributed by atoms with Gasteiger partial charge in [-0.05, 0) is 13.8 Å². The minimum atomic E-state index is -1.31. The van der Waals surface area contributed by atoms with Crippen LogP contribution in [0.15, 0.2) is 0 Å². The summed E-state index contributed by atoms with van der Waals surface area (Å²) < 4.78 is 22.9. The fraction of sp³-hybridized carbons (Fsp3) is 1.00. The van der Waals surface area contributed by atoms with E-state index in [0.29, 0.717) is 0 Å². The lowest BCUT2D eigenvalue weighted by atomic mass is 10.3. The molecule has 0 aromatic carbocycles. The van der Waals surface area contributed by atoms with Crippen LogP contribution in [-0.4, -0.2) is 12.3 Å². The standard InChI is InChI=1S/C4H8F2/c1-3(5)4(2)6/h3-4H,1-2H3/t3-,4-/m1/s1. The Morgan fingerprint density at radius 1 is 1.00 bits per heavy atom. The highest BCUT2D eigenvalue weighted by Gasteiger charge is 2.05. The van der Waals surface area contributed by atoms with E-state index in [1.54, 1.807) is 0 Å². The maximum Gasteiger partial charge on any atom is 0.128 e. The van der Waals surface area contributed by atoms with E-state index in [2.05, 4.69) is 0 Å². The zero-order valence-electron chi connectivity index (χ0n) is 3.91. The Kier molecular flexibility index (Phi) is 2.06. The van der Waals surface area contributed by atoms with E-state index in [-0.39, 0.29) is 0 Å². The zero-order chi connectivity index (χ0) is 5.15. The summed E-state index contributed by atoms with van der Waals surface area (Å²) in [6.07, 6.45) is -2.63. The molecule has 0 aliphatic rings. The van der Waals surface area contributed by atoms with Crippen molar-refractivity contribution < 1.29 is 8.78 Å². The summed E-state index contributed by atoms with van der Waals surface area (Å²) in [5.41, 5.74) is 0. The first kappa shape index (κ1) is 5.86. The van der Waals surface area contributed by atoms with Crippen LogP contribution in [-0.2, 0) is 0 Å². The first-order valence-electron chi connectivity index (χ1n) is 1.92. The van der Waals surface area contributed by atoms with Crippen molar-refractivity contribution in [1.29, 1.82) is 0 Å². The summed E-state index contributed by atoms with van der Waals surface area (Å²) >= 11 is 0. The third-order valence-electron chi connectivity index (χ3n) is 0.633. The molecule has 0 aliphatic heterocycles. The number of hydrogen-bond donors (Lipinski definition) is 0. The van der Waals surface area contributed by atoms with E-state index < -0.39 is 12.3 Å². The van der Waals surface area contributed by atoms with Crippen molar-refractivity contribution >= 4 is 0 Å². The smallest absolute Gasteiger partial charge is 0.128 e. The second kappa shape index (κ2) is 2.11. The largest absolute Gasteiger partial charge is 0.245 e. The summed E-state index contributed by atoms with van der Waals surface area (Å²) in [7, 11) is 0. The molecular formula is C4H8F2. The lowest BCUT2D eigenvalue weighted by Gasteiger charge is -1.97. The van der Waals surface area contributed by atoms with Crippen LogP contribution in [0.5, 0.6) is 0 Å². The van der Waals surface area contributed by atoms with Gasteiger partial charge in [0, 0.05) is 0 Å². The third kappa shape index (κ3) is 2.12. The molecule has 2 heteroatoms. The van der Waals surface area contributed by atoms with Gasteiger partial charge in [-0.15, -0.1) is 0 Å². The summed E-state index contributed by atoms with van der Waals surface area (Å²) in [6.45, 7) is 2.40. The van der Waals surface area contributed by atoms with Gasteiger partial charge in [0.05, 0.1) is 0 Å². The molecule has 0 rings (SSSR count). The van der Waals surface area contributed by atoms with Crippen molar-refractivity contribution in [2.45, 2.75) is 26.2 Å². The minimum absolute atomic E-state index is 1.20. The molecule has 0 aliphatic carbocycles. The maximum atomic E-state index is 11.4. The predicted molar refractivity (Wildman–Crippen MR) is 21.1 cm³/mol. The van der Waals surface area contributed by atoms with Crippen LogP contribution in [0.3, 0.4) is 0 Å². The molecule has 0 aromatic heterocycles. The van der Waals surface area contributed by atoms with Crippen molar-refractivity contribution in [3.05, 3.63) is 0 Å². The fourth-order valence-corrected chi connectivity index (χ4v) is 0. The second-order valence-corrected chi connectivity index (χ2v) is 1.36. The molecule has 0 aromatic rings. The molecule has 0 radical (unpaired) electrons. The van der Waals surface area contributed by atoms with Crippen LogP contribution >= 0.6 is 0 Å². The quantitative estimate of drug-likeness (QED) is 0.464. The average molecular weight is 94.1 g/mol. The van der Waals surface area contributed by atoms with Crippen molar-refractivity contribution in [1.82, 2.24) is 0 Å². The van der Waals surface area contributed by atoms with Crippen LogP contribution in [0.1, 0.15) is 13.8 Å². The number of rotatable bonds is 1. The van der Waals surface area contributed by atoms with E-state index in [0.717, 1.165) is 0 Å². The average Bonchev–Trinajstić information content (AvgIpc) is 1.36. The van der Waals surface area contributed by atoms with E-state index in [1.807, 2.05) is 0 Å². The van der Waals surface area contributed by atoms with Gasteiger partial charge in [0.15, 0.2) is 0 Å². The van der Waals surface area contributed by atoms with Gasteiger partial charge in [-0.3, -0.25) is 0 Å². The topological polar surface area (TPSA) is 0 Å². The minimum Gasteiger partial charge on any atom is -0.245 e. The van der Waals surface area contributed by atoms with Crippen LogP contribution in [0.2, 0.25) is 0 Å². The van der Waals surface area contributed by atoms with E-state index in [4.69, 9.17) is 0 Å². The van der Waals surface area contributed by atoms with E-state index >= 15 is 0 Å². The Bertz CT molecular complexity index is 26.5. The highest BCUT2D eigenvalue weighted by atomic mass is 19.2. The Hall–Kier alpha value is -0.140. The number of halogens is 2. The van der Waals surface area contributed by atoms with E-state index in [9.17, 15) is 8.78 Å². The molecule has 0 nitrogen and oxygen atoms in total. The molecule has 0 fully saturated rings. The summed E-state index contributed by atoms with van der Waals surface area (Å²) in [6, 6.07) is 0. The van der Waals surface area contributed by atoms with Crippen LogP contribution < -0.4 is 0 Å². The molecular weight excluding hydrogens is 86.0 g/mol. The highest BCUT2D eigenvalue weighted by molar-refractivity contribution is 4.52.